The van der Waals surface area contributed by atoms with Crippen LogP contribution >= 0.6 is 0 Å². The van der Waals surface area contributed by atoms with Gasteiger partial charge in [0, 0.05) is 27.2 Å². The second-order valence-corrected chi connectivity index (χ2v) is 3.77. The van der Waals surface area contributed by atoms with Gasteiger partial charge in [-0.25, -0.2) is 0 Å². The second kappa shape index (κ2) is 7.06. The Bertz CT molecular complexity index is 304. The van der Waals surface area contributed by atoms with Crippen LogP contribution in [0.3, 0.4) is 0 Å². The molecule has 1 rings (SSSR count). The van der Waals surface area contributed by atoms with Crippen molar-refractivity contribution in [2.24, 2.45) is 0 Å². The Morgan fingerprint density at radius 1 is 1.44 bits per heavy atom. The third-order valence-electron chi connectivity index (χ3n) is 2.37. The first kappa shape index (κ1) is 12.8. The maximum Gasteiger partial charge on any atom is 0.0637 e. The molecule has 1 aromatic heterocycles. The van der Waals surface area contributed by atoms with Gasteiger partial charge in [-0.1, -0.05) is 6.92 Å². The van der Waals surface area contributed by atoms with Crippen LogP contribution in [0.4, 0.5) is 11.4 Å². The molecule has 0 radical (unpaired) electrons. The molecule has 0 bridgehead atoms. The Hall–Kier alpha value is -1.29. The van der Waals surface area contributed by atoms with E-state index in [-0.39, 0.29) is 0 Å². The van der Waals surface area contributed by atoms with Crippen LogP contribution in [0.1, 0.15) is 13.3 Å². The maximum absolute atomic E-state index is 5.05. The fourth-order valence-electron chi connectivity index (χ4n) is 1.36. The van der Waals surface area contributed by atoms with Crippen LogP contribution in [0.25, 0.3) is 0 Å². The molecule has 0 spiro atoms. The van der Waals surface area contributed by atoms with Crippen LogP contribution in [0, 0.1) is 0 Å². The lowest BCUT2D eigenvalue weighted by molar-refractivity contribution is 0.206. The molecular formula is C12H21N3O. The van der Waals surface area contributed by atoms with Crippen LogP contribution in [0.2, 0.25) is 0 Å². The van der Waals surface area contributed by atoms with Crippen molar-refractivity contribution in [2.75, 3.05) is 44.1 Å². The van der Waals surface area contributed by atoms with Crippen molar-refractivity contribution in [3.05, 3.63) is 18.5 Å². The lowest BCUT2D eigenvalue weighted by Crippen LogP contribution is -2.22. The molecule has 0 aliphatic carbocycles. The van der Waals surface area contributed by atoms with Crippen LogP contribution in [0.5, 0.6) is 0 Å². The number of methoxy groups -OCH3 is 1. The maximum atomic E-state index is 5.05. The van der Waals surface area contributed by atoms with Crippen molar-refractivity contribution in [3.8, 4) is 0 Å². The molecule has 0 saturated carbocycles. The zero-order valence-corrected chi connectivity index (χ0v) is 10.4. The van der Waals surface area contributed by atoms with Gasteiger partial charge in [-0.05, 0) is 12.5 Å². The highest BCUT2D eigenvalue weighted by Gasteiger charge is 2.01. The molecule has 90 valence electrons. The highest BCUT2D eigenvalue weighted by Crippen LogP contribution is 2.16. The Labute approximate surface area is 97.6 Å². The number of nitrogens with zero attached hydrogens (tertiary/aromatic N) is 2. The SMILES string of the molecule is CCCNc1cncc(N(C)CCOC)c1. The lowest BCUT2D eigenvalue weighted by atomic mass is 10.3. The van der Waals surface area contributed by atoms with Crippen LogP contribution < -0.4 is 10.2 Å². The van der Waals surface area contributed by atoms with Gasteiger partial charge in [-0.2, -0.15) is 0 Å². The molecule has 0 atom stereocenters. The van der Waals surface area contributed by atoms with E-state index in [0.717, 1.165) is 37.5 Å². The Morgan fingerprint density at radius 2 is 2.25 bits per heavy atom. The minimum Gasteiger partial charge on any atom is -0.384 e. The predicted octanol–water partition coefficient (Wildman–Crippen LogP) is 1.99. The van der Waals surface area contributed by atoms with E-state index in [1.807, 2.05) is 19.4 Å². The molecule has 1 aromatic rings. The molecule has 0 aliphatic rings. The monoisotopic (exact) mass is 223 g/mol. The van der Waals surface area contributed by atoms with E-state index in [1.165, 1.54) is 0 Å². The summed E-state index contributed by atoms with van der Waals surface area (Å²) >= 11 is 0. The molecule has 4 nitrogen and oxygen atoms in total. The van der Waals surface area contributed by atoms with Crippen molar-refractivity contribution < 1.29 is 4.74 Å². The highest BCUT2D eigenvalue weighted by atomic mass is 16.5. The number of likely N-dealkylation sites (N-methyl/N-ethyl adjacent to an activating group) is 1. The summed E-state index contributed by atoms with van der Waals surface area (Å²) in [6.45, 7) is 4.72. The largest absolute Gasteiger partial charge is 0.384 e. The summed E-state index contributed by atoms with van der Waals surface area (Å²) in [7, 11) is 3.75. The fourth-order valence-corrected chi connectivity index (χ4v) is 1.36. The van der Waals surface area contributed by atoms with E-state index < -0.39 is 0 Å². The normalized spacial score (nSPS) is 10.2. The molecule has 1 heterocycles. The Balaban J connectivity index is 2.58. The highest BCUT2D eigenvalue weighted by molar-refractivity contribution is 5.55. The number of pyridine rings is 1. The van der Waals surface area contributed by atoms with E-state index in [9.17, 15) is 0 Å². The van der Waals surface area contributed by atoms with Crippen molar-refractivity contribution in [1.82, 2.24) is 4.98 Å². The van der Waals surface area contributed by atoms with Crippen LogP contribution in [-0.2, 0) is 4.74 Å². The Kier molecular flexibility index (Phi) is 5.64. The van der Waals surface area contributed by atoms with Gasteiger partial charge in [0.2, 0.25) is 0 Å². The van der Waals surface area contributed by atoms with E-state index in [2.05, 4.69) is 28.2 Å². The van der Waals surface area contributed by atoms with Crippen molar-refractivity contribution in [1.29, 1.82) is 0 Å². The standard InChI is InChI=1S/C12H21N3O/c1-4-5-14-11-8-12(10-13-9-11)15(2)6-7-16-3/h8-10,14H,4-7H2,1-3H3. The molecule has 1 N–H and O–H groups in total. The second-order valence-electron chi connectivity index (χ2n) is 3.77. The summed E-state index contributed by atoms with van der Waals surface area (Å²) < 4.78 is 5.05. The molecule has 4 heteroatoms. The van der Waals surface area contributed by atoms with Crippen molar-refractivity contribution >= 4 is 11.4 Å². The topological polar surface area (TPSA) is 37.4 Å². The zero-order valence-electron chi connectivity index (χ0n) is 10.4. The minimum absolute atomic E-state index is 0.725. The molecule has 0 saturated heterocycles. The minimum atomic E-state index is 0.725. The first-order valence-electron chi connectivity index (χ1n) is 5.67. The van der Waals surface area contributed by atoms with Gasteiger partial charge in [-0.15, -0.1) is 0 Å². The lowest BCUT2D eigenvalue weighted by Gasteiger charge is -2.19. The summed E-state index contributed by atoms with van der Waals surface area (Å²) in [5, 5.41) is 3.33. The first-order chi connectivity index (χ1) is 7.77. The third kappa shape index (κ3) is 4.06. The predicted molar refractivity (Wildman–Crippen MR) is 68.2 cm³/mol. The average Bonchev–Trinajstić information content (AvgIpc) is 2.33. The van der Waals surface area contributed by atoms with Gasteiger partial charge in [0.15, 0.2) is 0 Å². The summed E-state index contributed by atoms with van der Waals surface area (Å²) in [6, 6.07) is 2.11. The van der Waals surface area contributed by atoms with Gasteiger partial charge in [0.1, 0.15) is 0 Å². The summed E-state index contributed by atoms with van der Waals surface area (Å²) in [6.07, 6.45) is 4.83. The number of rotatable bonds is 7. The molecular weight excluding hydrogens is 202 g/mol. The molecule has 16 heavy (non-hydrogen) atoms. The van der Waals surface area contributed by atoms with Crippen molar-refractivity contribution in [3.63, 3.8) is 0 Å². The van der Waals surface area contributed by atoms with E-state index in [4.69, 9.17) is 4.74 Å². The van der Waals surface area contributed by atoms with Crippen molar-refractivity contribution in [2.45, 2.75) is 13.3 Å². The first-order valence-corrected chi connectivity index (χ1v) is 5.67. The number of nitrogens with one attached hydrogen (secondary N) is 1. The van der Waals surface area contributed by atoms with E-state index in [1.54, 1.807) is 7.11 Å². The number of hydrogen-bond donors (Lipinski definition) is 1. The number of anilines is 2. The molecule has 0 aliphatic heterocycles. The van der Waals surface area contributed by atoms with Crippen LogP contribution in [0.15, 0.2) is 18.5 Å². The van der Waals surface area contributed by atoms with Gasteiger partial charge < -0.3 is 15.0 Å². The fraction of sp³-hybridized carbons (Fsp3) is 0.583. The molecule has 0 unspecified atom stereocenters. The molecule has 0 aromatic carbocycles. The van der Waals surface area contributed by atoms with E-state index >= 15 is 0 Å². The summed E-state index contributed by atoms with van der Waals surface area (Å²) in [5.41, 5.74) is 2.18. The van der Waals surface area contributed by atoms with Gasteiger partial charge >= 0.3 is 0 Å². The molecule has 0 amide bonds. The number of hydrogen-bond acceptors (Lipinski definition) is 4. The number of aromatic nitrogens is 1. The van der Waals surface area contributed by atoms with Gasteiger partial charge in [-0.3, -0.25) is 4.98 Å². The van der Waals surface area contributed by atoms with Gasteiger partial charge in [0.25, 0.3) is 0 Å². The van der Waals surface area contributed by atoms with E-state index in [0.29, 0.717) is 0 Å². The third-order valence-corrected chi connectivity index (χ3v) is 2.37. The van der Waals surface area contributed by atoms with Gasteiger partial charge in [0.05, 0.1) is 30.4 Å². The Morgan fingerprint density at radius 3 is 2.94 bits per heavy atom. The van der Waals surface area contributed by atoms with Crippen LogP contribution in [-0.4, -0.2) is 38.8 Å². The number of ether oxygens (including phenoxy) is 1. The summed E-state index contributed by atoms with van der Waals surface area (Å²) in [4.78, 5) is 6.35. The zero-order chi connectivity index (χ0) is 11.8. The smallest absolute Gasteiger partial charge is 0.0637 e. The quantitative estimate of drug-likeness (QED) is 0.767. The molecule has 0 fully saturated rings. The average molecular weight is 223 g/mol. The summed E-state index contributed by atoms with van der Waals surface area (Å²) in [5.74, 6) is 0.